The summed E-state index contributed by atoms with van der Waals surface area (Å²) in [6.45, 7) is 0.537. The number of carbonyl (C=O) groups excluding carboxylic acids is 1. The molecule has 1 amide bonds. The summed E-state index contributed by atoms with van der Waals surface area (Å²) < 4.78 is 12.8. The third kappa shape index (κ3) is 3.42. The normalized spacial score (nSPS) is 18.0. The van der Waals surface area contributed by atoms with Crippen LogP contribution in [0.2, 0.25) is 0 Å². The largest absolute Gasteiger partial charge is 0.341 e. The first-order valence-electron chi connectivity index (χ1n) is 6.30. The van der Waals surface area contributed by atoms with Gasteiger partial charge in [0.25, 0.3) is 0 Å². The number of allylic oxidation sites excluding steroid dienone is 2. The Morgan fingerprint density at radius 1 is 1.39 bits per heavy atom. The lowest BCUT2D eigenvalue weighted by Gasteiger charge is -2.19. The van der Waals surface area contributed by atoms with Crippen molar-refractivity contribution in [2.24, 2.45) is 5.92 Å². The highest BCUT2D eigenvalue weighted by Gasteiger charge is 2.16. The van der Waals surface area contributed by atoms with E-state index in [4.69, 9.17) is 0 Å². The van der Waals surface area contributed by atoms with Crippen molar-refractivity contribution in [3.05, 3.63) is 47.8 Å². The topological polar surface area (TPSA) is 20.3 Å². The van der Waals surface area contributed by atoms with E-state index in [1.807, 2.05) is 0 Å². The Hall–Kier alpha value is -1.64. The molecule has 0 spiro atoms. The summed E-state index contributed by atoms with van der Waals surface area (Å²) in [5, 5.41) is 0. The zero-order valence-corrected chi connectivity index (χ0v) is 10.6. The molecule has 96 valence electrons. The van der Waals surface area contributed by atoms with E-state index in [-0.39, 0.29) is 11.7 Å². The van der Waals surface area contributed by atoms with Crippen LogP contribution in [-0.2, 0) is 11.3 Å². The second-order valence-electron chi connectivity index (χ2n) is 4.85. The smallest absolute Gasteiger partial charge is 0.223 e. The van der Waals surface area contributed by atoms with Gasteiger partial charge in [0.15, 0.2) is 0 Å². The minimum absolute atomic E-state index is 0.149. The predicted octanol–water partition coefficient (Wildman–Crippen LogP) is 3.14. The van der Waals surface area contributed by atoms with Gasteiger partial charge in [0.05, 0.1) is 0 Å². The maximum absolute atomic E-state index is 12.8. The van der Waals surface area contributed by atoms with Crippen molar-refractivity contribution in [2.75, 3.05) is 7.05 Å². The Morgan fingerprint density at radius 2 is 2.11 bits per heavy atom. The summed E-state index contributed by atoms with van der Waals surface area (Å²) >= 11 is 0. The fourth-order valence-corrected chi connectivity index (χ4v) is 2.20. The summed E-state index contributed by atoms with van der Waals surface area (Å²) in [7, 11) is 1.80. The molecule has 0 saturated heterocycles. The summed E-state index contributed by atoms with van der Waals surface area (Å²) in [6.07, 6.45) is 7.01. The number of nitrogens with zero attached hydrogens (tertiary/aromatic N) is 1. The molecule has 1 atom stereocenters. The zero-order valence-electron chi connectivity index (χ0n) is 10.6. The first-order valence-corrected chi connectivity index (χ1v) is 6.30. The number of rotatable bonds is 4. The van der Waals surface area contributed by atoms with Gasteiger partial charge < -0.3 is 4.90 Å². The molecule has 0 fully saturated rings. The van der Waals surface area contributed by atoms with Crippen LogP contribution in [0, 0.1) is 11.7 Å². The lowest BCUT2D eigenvalue weighted by atomic mass is 10.0. The van der Waals surface area contributed by atoms with Crippen LogP contribution in [0.15, 0.2) is 36.4 Å². The maximum Gasteiger partial charge on any atom is 0.223 e. The van der Waals surface area contributed by atoms with Crippen LogP contribution in [0.1, 0.15) is 24.8 Å². The van der Waals surface area contributed by atoms with Gasteiger partial charge in [-0.2, -0.15) is 0 Å². The molecule has 0 unspecified atom stereocenters. The van der Waals surface area contributed by atoms with E-state index in [0.29, 0.717) is 18.9 Å². The van der Waals surface area contributed by atoms with E-state index in [2.05, 4.69) is 12.2 Å². The van der Waals surface area contributed by atoms with Crippen LogP contribution in [-0.4, -0.2) is 17.9 Å². The predicted molar refractivity (Wildman–Crippen MR) is 69.4 cm³/mol. The molecule has 0 N–H and O–H groups in total. The highest BCUT2D eigenvalue weighted by molar-refractivity contribution is 5.76. The number of amides is 1. The molecule has 18 heavy (non-hydrogen) atoms. The Labute approximate surface area is 107 Å². The maximum atomic E-state index is 12.8. The van der Waals surface area contributed by atoms with Gasteiger partial charge in [-0.25, -0.2) is 4.39 Å². The van der Waals surface area contributed by atoms with Crippen LogP contribution in [0.5, 0.6) is 0 Å². The number of carbonyl (C=O) groups is 1. The van der Waals surface area contributed by atoms with E-state index < -0.39 is 0 Å². The molecule has 2 nitrogen and oxygen atoms in total. The first kappa shape index (κ1) is 12.8. The van der Waals surface area contributed by atoms with E-state index in [9.17, 15) is 9.18 Å². The second kappa shape index (κ2) is 5.80. The van der Waals surface area contributed by atoms with Crippen LogP contribution in [0.25, 0.3) is 0 Å². The van der Waals surface area contributed by atoms with Crippen molar-refractivity contribution < 1.29 is 9.18 Å². The fourth-order valence-electron chi connectivity index (χ4n) is 2.20. The summed E-state index contributed by atoms with van der Waals surface area (Å²) in [5.74, 6) is 0.299. The Balaban J connectivity index is 1.86. The van der Waals surface area contributed by atoms with Crippen LogP contribution < -0.4 is 0 Å². The van der Waals surface area contributed by atoms with Gasteiger partial charge in [-0.1, -0.05) is 24.3 Å². The van der Waals surface area contributed by atoms with Gasteiger partial charge in [0.2, 0.25) is 5.91 Å². The van der Waals surface area contributed by atoms with E-state index in [0.717, 1.165) is 18.4 Å². The number of benzene rings is 1. The number of hydrogen-bond donors (Lipinski definition) is 0. The van der Waals surface area contributed by atoms with Crippen molar-refractivity contribution in [3.8, 4) is 0 Å². The van der Waals surface area contributed by atoms with Crippen molar-refractivity contribution in [2.45, 2.75) is 25.8 Å². The molecule has 0 aliphatic heterocycles. The van der Waals surface area contributed by atoms with E-state index in [1.54, 1.807) is 24.1 Å². The summed E-state index contributed by atoms with van der Waals surface area (Å²) in [4.78, 5) is 13.7. The van der Waals surface area contributed by atoms with E-state index in [1.165, 1.54) is 12.1 Å². The summed E-state index contributed by atoms with van der Waals surface area (Å²) in [6, 6.07) is 6.28. The average molecular weight is 247 g/mol. The molecule has 1 aromatic carbocycles. The molecule has 0 heterocycles. The molecular weight excluding hydrogens is 229 g/mol. The first-order chi connectivity index (χ1) is 8.65. The van der Waals surface area contributed by atoms with Crippen LogP contribution in [0.3, 0.4) is 0 Å². The minimum Gasteiger partial charge on any atom is -0.341 e. The van der Waals surface area contributed by atoms with Crippen molar-refractivity contribution in [3.63, 3.8) is 0 Å². The average Bonchev–Trinajstić information content (AvgIpc) is 2.85. The van der Waals surface area contributed by atoms with Gasteiger partial charge in [-0.15, -0.1) is 0 Å². The standard InChI is InChI=1S/C15H18FNO/c1-17(11-13-6-8-14(16)9-7-13)15(18)10-12-4-2-3-5-12/h2,4,6-9,12H,3,5,10-11H2,1H3/t12-/m1/s1. The fraction of sp³-hybridized carbons (Fsp3) is 0.400. The molecule has 0 aromatic heterocycles. The second-order valence-corrected chi connectivity index (χ2v) is 4.85. The lowest BCUT2D eigenvalue weighted by molar-refractivity contribution is -0.131. The quantitative estimate of drug-likeness (QED) is 0.748. The Bertz CT molecular complexity index is 438. The molecule has 3 heteroatoms. The van der Waals surface area contributed by atoms with Crippen molar-refractivity contribution in [1.29, 1.82) is 0 Å². The Morgan fingerprint density at radius 3 is 2.72 bits per heavy atom. The van der Waals surface area contributed by atoms with Gasteiger partial charge in [-0.05, 0) is 36.5 Å². The molecule has 2 rings (SSSR count). The van der Waals surface area contributed by atoms with Crippen LogP contribution in [0.4, 0.5) is 4.39 Å². The van der Waals surface area contributed by atoms with Crippen LogP contribution >= 0.6 is 0 Å². The molecule has 0 saturated carbocycles. The van der Waals surface area contributed by atoms with Gasteiger partial charge >= 0.3 is 0 Å². The highest BCUT2D eigenvalue weighted by Crippen LogP contribution is 2.21. The number of halogens is 1. The third-order valence-corrected chi connectivity index (χ3v) is 3.31. The monoisotopic (exact) mass is 247 g/mol. The molecular formula is C15H18FNO. The molecule has 1 aliphatic rings. The SMILES string of the molecule is CN(Cc1ccc(F)cc1)C(=O)C[C@@H]1C=CCC1. The third-order valence-electron chi connectivity index (χ3n) is 3.31. The van der Waals surface area contributed by atoms with Gasteiger partial charge in [0, 0.05) is 20.0 Å². The Kier molecular flexibility index (Phi) is 4.13. The molecule has 0 radical (unpaired) electrons. The number of hydrogen-bond acceptors (Lipinski definition) is 1. The molecule has 0 bridgehead atoms. The van der Waals surface area contributed by atoms with Crippen molar-refractivity contribution >= 4 is 5.91 Å². The lowest BCUT2D eigenvalue weighted by Crippen LogP contribution is -2.27. The van der Waals surface area contributed by atoms with E-state index >= 15 is 0 Å². The van der Waals surface area contributed by atoms with Gasteiger partial charge in [-0.3, -0.25) is 4.79 Å². The van der Waals surface area contributed by atoms with Gasteiger partial charge in [0.1, 0.15) is 5.82 Å². The minimum atomic E-state index is -0.246. The van der Waals surface area contributed by atoms with Crippen molar-refractivity contribution in [1.82, 2.24) is 4.90 Å². The summed E-state index contributed by atoms with van der Waals surface area (Å²) in [5.41, 5.74) is 0.953. The molecule has 1 aromatic rings. The highest BCUT2D eigenvalue weighted by atomic mass is 19.1. The molecule has 1 aliphatic carbocycles. The zero-order chi connectivity index (χ0) is 13.0.